The van der Waals surface area contributed by atoms with Gasteiger partial charge in [-0.25, -0.2) is 4.98 Å². The standard InChI is InChI=1S/C18H22N4O3S/c1-2-25-13-5-6-14-15(8-13)26-18(20-14)21-17(24)10-22-11-3-4-12(22)9-19-16(23)7-11/h5-6,8,11-12H,2-4,7,9-10H2,1H3,(H,19,23)(H,20,21,24)/t11-,12+/m0/s1. The molecule has 2 aromatic rings. The van der Waals surface area contributed by atoms with Crippen molar-refractivity contribution >= 4 is 38.5 Å². The van der Waals surface area contributed by atoms with Gasteiger partial charge in [-0.2, -0.15) is 0 Å². The molecule has 4 rings (SSSR count). The third-order valence-corrected chi connectivity index (χ3v) is 5.90. The molecule has 2 aliphatic heterocycles. The van der Waals surface area contributed by atoms with Gasteiger partial charge >= 0.3 is 0 Å². The van der Waals surface area contributed by atoms with E-state index in [-0.39, 0.29) is 23.9 Å². The number of fused-ring (bicyclic) bond motifs is 3. The first-order chi connectivity index (χ1) is 12.6. The highest BCUT2D eigenvalue weighted by Gasteiger charge is 2.38. The van der Waals surface area contributed by atoms with E-state index in [1.165, 1.54) is 11.3 Å². The fourth-order valence-corrected chi connectivity index (χ4v) is 4.68. The van der Waals surface area contributed by atoms with Crippen molar-refractivity contribution in [1.82, 2.24) is 15.2 Å². The van der Waals surface area contributed by atoms with E-state index in [0.29, 0.717) is 31.2 Å². The van der Waals surface area contributed by atoms with Crippen molar-refractivity contribution in [3.8, 4) is 5.75 Å². The van der Waals surface area contributed by atoms with Crippen LogP contribution in [0.15, 0.2) is 18.2 Å². The highest BCUT2D eigenvalue weighted by molar-refractivity contribution is 7.22. The molecule has 2 amide bonds. The summed E-state index contributed by atoms with van der Waals surface area (Å²) in [5.74, 6) is 0.805. The number of rotatable bonds is 5. The van der Waals surface area contributed by atoms with E-state index in [4.69, 9.17) is 4.74 Å². The largest absolute Gasteiger partial charge is 0.494 e. The molecular weight excluding hydrogens is 352 g/mol. The first-order valence-corrected chi connectivity index (χ1v) is 9.79. The van der Waals surface area contributed by atoms with Crippen molar-refractivity contribution in [2.75, 3.05) is 25.0 Å². The highest BCUT2D eigenvalue weighted by Crippen LogP contribution is 2.30. The number of ether oxygens (including phenoxy) is 1. The Labute approximate surface area is 155 Å². The molecule has 2 N–H and O–H groups in total. The second kappa shape index (κ2) is 7.20. The number of hydrogen-bond donors (Lipinski definition) is 2. The van der Waals surface area contributed by atoms with Crippen LogP contribution in [0.3, 0.4) is 0 Å². The molecular formula is C18H22N4O3S. The van der Waals surface area contributed by atoms with Crippen LogP contribution < -0.4 is 15.4 Å². The number of aromatic nitrogens is 1. The van der Waals surface area contributed by atoms with Crippen LogP contribution >= 0.6 is 11.3 Å². The Kier molecular flexibility index (Phi) is 4.78. The van der Waals surface area contributed by atoms with Gasteiger partial charge < -0.3 is 15.4 Å². The summed E-state index contributed by atoms with van der Waals surface area (Å²) in [5.41, 5.74) is 0.846. The fourth-order valence-electron chi connectivity index (χ4n) is 3.77. The molecule has 1 aromatic carbocycles. The molecule has 1 aromatic heterocycles. The number of benzene rings is 1. The smallest absolute Gasteiger partial charge is 0.240 e. The van der Waals surface area contributed by atoms with Crippen molar-refractivity contribution in [1.29, 1.82) is 0 Å². The number of anilines is 1. The molecule has 0 spiro atoms. The summed E-state index contributed by atoms with van der Waals surface area (Å²) in [6.07, 6.45) is 2.48. The third kappa shape index (κ3) is 3.52. The van der Waals surface area contributed by atoms with Crippen molar-refractivity contribution in [3.05, 3.63) is 18.2 Å². The zero-order chi connectivity index (χ0) is 18.1. The summed E-state index contributed by atoms with van der Waals surface area (Å²) in [6.45, 7) is 3.49. The molecule has 7 nitrogen and oxygen atoms in total. The van der Waals surface area contributed by atoms with Crippen LogP contribution in [0.4, 0.5) is 5.13 Å². The molecule has 0 aliphatic carbocycles. The zero-order valence-electron chi connectivity index (χ0n) is 14.7. The first kappa shape index (κ1) is 17.2. The van der Waals surface area contributed by atoms with Crippen molar-refractivity contribution < 1.29 is 14.3 Å². The predicted molar refractivity (Wildman–Crippen MR) is 101 cm³/mol. The first-order valence-electron chi connectivity index (χ1n) is 8.98. The monoisotopic (exact) mass is 374 g/mol. The van der Waals surface area contributed by atoms with Gasteiger partial charge in [0.15, 0.2) is 5.13 Å². The van der Waals surface area contributed by atoms with Gasteiger partial charge in [-0.1, -0.05) is 11.3 Å². The van der Waals surface area contributed by atoms with E-state index < -0.39 is 0 Å². The Hall–Kier alpha value is -2.19. The Morgan fingerprint density at radius 2 is 2.27 bits per heavy atom. The zero-order valence-corrected chi connectivity index (χ0v) is 15.5. The molecule has 2 atom stereocenters. The average Bonchev–Trinajstić information content (AvgIpc) is 3.11. The van der Waals surface area contributed by atoms with Gasteiger partial charge in [0, 0.05) is 25.0 Å². The van der Waals surface area contributed by atoms with Gasteiger partial charge in [0.2, 0.25) is 11.8 Å². The van der Waals surface area contributed by atoms with Crippen LogP contribution in [0, 0.1) is 0 Å². The lowest BCUT2D eigenvalue weighted by atomic mass is 10.1. The number of thiazole rings is 1. The summed E-state index contributed by atoms with van der Waals surface area (Å²) >= 11 is 1.44. The van der Waals surface area contributed by atoms with Crippen molar-refractivity contribution in [3.63, 3.8) is 0 Å². The maximum Gasteiger partial charge on any atom is 0.240 e. The summed E-state index contributed by atoms with van der Waals surface area (Å²) in [4.78, 5) is 30.9. The number of amides is 2. The van der Waals surface area contributed by atoms with Crippen LogP contribution in [-0.2, 0) is 9.59 Å². The number of nitrogens with one attached hydrogen (secondary N) is 2. The SMILES string of the molecule is CCOc1ccc2nc(NC(=O)CN3[C@@H]4CC[C@H]3CC(=O)NC4)sc2c1. The summed E-state index contributed by atoms with van der Waals surface area (Å²) in [7, 11) is 0. The lowest BCUT2D eigenvalue weighted by molar-refractivity contribution is -0.122. The van der Waals surface area contributed by atoms with Crippen LogP contribution in [0.5, 0.6) is 5.75 Å². The number of nitrogens with zero attached hydrogens (tertiary/aromatic N) is 2. The Balaban J connectivity index is 1.43. The Morgan fingerprint density at radius 1 is 1.42 bits per heavy atom. The fraction of sp³-hybridized carbons (Fsp3) is 0.500. The second-order valence-electron chi connectivity index (χ2n) is 6.70. The molecule has 8 heteroatoms. The number of carbonyl (C=O) groups is 2. The molecule has 2 bridgehead atoms. The molecule has 138 valence electrons. The Morgan fingerprint density at radius 3 is 3.12 bits per heavy atom. The lowest BCUT2D eigenvalue weighted by Gasteiger charge is -2.25. The van der Waals surface area contributed by atoms with Gasteiger partial charge in [-0.3, -0.25) is 14.5 Å². The molecule has 2 saturated heterocycles. The summed E-state index contributed by atoms with van der Waals surface area (Å²) in [5, 5.41) is 6.43. The van der Waals surface area contributed by atoms with E-state index in [0.717, 1.165) is 28.8 Å². The lowest BCUT2D eigenvalue weighted by Crippen LogP contribution is -2.42. The molecule has 3 heterocycles. The van der Waals surface area contributed by atoms with E-state index in [1.54, 1.807) is 0 Å². The van der Waals surface area contributed by atoms with Gasteiger partial charge in [0.05, 0.1) is 23.4 Å². The summed E-state index contributed by atoms with van der Waals surface area (Å²) < 4.78 is 6.49. The normalized spacial score (nSPS) is 22.9. The predicted octanol–water partition coefficient (Wildman–Crippen LogP) is 1.99. The van der Waals surface area contributed by atoms with Gasteiger partial charge in [-0.05, 0) is 38.0 Å². The minimum Gasteiger partial charge on any atom is -0.494 e. The maximum atomic E-state index is 12.5. The minimum atomic E-state index is -0.0830. The topological polar surface area (TPSA) is 83.6 Å². The number of carbonyl (C=O) groups excluding carboxylic acids is 2. The van der Waals surface area contributed by atoms with Crippen molar-refractivity contribution in [2.45, 2.75) is 38.3 Å². The van der Waals surface area contributed by atoms with E-state index >= 15 is 0 Å². The van der Waals surface area contributed by atoms with E-state index in [2.05, 4.69) is 20.5 Å². The highest BCUT2D eigenvalue weighted by atomic mass is 32.1. The minimum absolute atomic E-state index is 0.0823. The molecule has 2 aliphatic rings. The quantitative estimate of drug-likeness (QED) is 0.836. The summed E-state index contributed by atoms with van der Waals surface area (Å²) in [6, 6.07) is 6.14. The van der Waals surface area contributed by atoms with E-state index in [1.807, 2.05) is 25.1 Å². The van der Waals surface area contributed by atoms with Crippen molar-refractivity contribution in [2.24, 2.45) is 0 Å². The molecule has 0 saturated carbocycles. The van der Waals surface area contributed by atoms with E-state index in [9.17, 15) is 9.59 Å². The van der Waals surface area contributed by atoms with Crippen LogP contribution in [0.2, 0.25) is 0 Å². The average molecular weight is 374 g/mol. The molecule has 26 heavy (non-hydrogen) atoms. The molecule has 0 radical (unpaired) electrons. The van der Waals surface area contributed by atoms with Crippen LogP contribution in [0.25, 0.3) is 10.2 Å². The molecule has 2 fully saturated rings. The Bertz CT molecular complexity index is 837. The van der Waals surface area contributed by atoms with Gasteiger partial charge in [-0.15, -0.1) is 0 Å². The number of hydrogen-bond acceptors (Lipinski definition) is 6. The second-order valence-corrected chi connectivity index (χ2v) is 7.73. The molecule has 0 unspecified atom stereocenters. The van der Waals surface area contributed by atoms with Gasteiger partial charge in [0.25, 0.3) is 0 Å². The maximum absolute atomic E-state index is 12.5. The van der Waals surface area contributed by atoms with Gasteiger partial charge in [0.1, 0.15) is 5.75 Å². The van der Waals surface area contributed by atoms with Crippen LogP contribution in [-0.4, -0.2) is 53.5 Å². The third-order valence-electron chi connectivity index (χ3n) is 4.97. The van der Waals surface area contributed by atoms with Crippen LogP contribution in [0.1, 0.15) is 26.2 Å².